The average molecular weight is 256 g/mol. The quantitative estimate of drug-likeness (QED) is 0.844. The first-order valence-corrected chi connectivity index (χ1v) is 6.51. The number of nitrogens with two attached hydrogens (primary N) is 1. The summed E-state index contributed by atoms with van der Waals surface area (Å²) in [6, 6.07) is 0. The maximum Gasteiger partial charge on any atom is 0.202 e. The SMILES string of the molecule is CCn1ncc(Cl)c1C(=O)C1(N)CCCCC1. The Balaban J connectivity index is 2.32. The Morgan fingerprint density at radius 3 is 2.76 bits per heavy atom. The van der Waals surface area contributed by atoms with Crippen molar-refractivity contribution in [1.29, 1.82) is 0 Å². The normalized spacial score (nSPS) is 19.2. The van der Waals surface area contributed by atoms with Gasteiger partial charge in [0.2, 0.25) is 5.78 Å². The molecule has 2 N–H and O–H groups in total. The van der Waals surface area contributed by atoms with E-state index in [9.17, 15) is 4.79 Å². The lowest BCUT2D eigenvalue weighted by Crippen LogP contribution is -2.50. The van der Waals surface area contributed by atoms with Gasteiger partial charge in [-0.1, -0.05) is 30.9 Å². The molecule has 0 amide bonds. The van der Waals surface area contributed by atoms with Crippen molar-refractivity contribution in [2.45, 2.75) is 51.1 Å². The average Bonchev–Trinajstić information content (AvgIpc) is 2.70. The van der Waals surface area contributed by atoms with Crippen molar-refractivity contribution in [3.05, 3.63) is 16.9 Å². The van der Waals surface area contributed by atoms with Crippen molar-refractivity contribution in [3.8, 4) is 0 Å². The fourth-order valence-electron chi connectivity index (χ4n) is 2.47. The number of aromatic nitrogens is 2. The van der Waals surface area contributed by atoms with Crippen LogP contribution in [0.5, 0.6) is 0 Å². The van der Waals surface area contributed by atoms with Crippen LogP contribution in [0, 0.1) is 0 Å². The van der Waals surface area contributed by atoms with E-state index in [-0.39, 0.29) is 5.78 Å². The van der Waals surface area contributed by atoms with Crippen LogP contribution in [0.3, 0.4) is 0 Å². The fraction of sp³-hybridized carbons (Fsp3) is 0.667. The van der Waals surface area contributed by atoms with E-state index in [2.05, 4.69) is 5.10 Å². The Labute approximate surface area is 106 Å². The Bertz CT molecular complexity index is 421. The van der Waals surface area contributed by atoms with Crippen LogP contribution in [0.4, 0.5) is 0 Å². The van der Waals surface area contributed by atoms with Crippen LogP contribution >= 0.6 is 11.6 Å². The summed E-state index contributed by atoms with van der Waals surface area (Å²) in [7, 11) is 0. The van der Waals surface area contributed by atoms with Gasteiger partial charge in [-0.15, -0.1) is 0 Å². The Morgan fingerprint density at radius 2 is 2.18 bits per heavy atom. The van der Waals surface area contributed by atoms with E-state index in [4.69, 9.17) is 17.3 Å². The van der Waals surface area contributed by atoms with Crippen molar-refractivity contribution in [3.63, 3.8) is 0 Å². The first kappa shape index (κ1) is 12.6. The van der Waals surface area contributed by atoms with Gasteiger partial charge in [0.25, 0.3) is 0 Å². The second-order valence-corrected chi connectivity index (χ2v) is 5.11. The standard InChI is InChI=1S/C12H18ClN3O/c1-2-16-10(9(13)8-15-16)11(17)12(14)6-4-3-5-7-12/h8H,2-7,14H2,1H3. The topological polar surface area (TPSA) is 60.9 Å². The molecule has 1 heterocycles. The summed E-state index contributed by atoms with van der Waals surface area (Å²) in [6.45, 7) is 2.56. The van der Waals surface area contributed by atoms with Crippen LogP contribution in [-0.4, -0.2) is 21.1 Å². The third kappa shape index (κ3) is 2.24. The summed E-state index contributed by atoms with van der Waals surface area (Å²) in [4.78, 5) is 12.5. The molecule has 0 spiro atoms. The molecule has 1 aromatic rings. The van der Waals surface area contributed by atoms with Gasteiger partial charge in [-0.25, -0.2) is 0 Å². The second-order valence-electron chi connectivity index (χ2n) is 4.70. The third-order valence-corrected chi connectivity index (χ3v) is 3.78. The summed E-state index contributed by atoms with van der Waals surface area (Å²) in [5, 5.41) is 4.50. The zero-order valence-corrected chi connectivity index (χ0v) is 10.8. The van der Waals surface area contributed by atoms with E-state index in [1.54, 1.807) is 4.68 Å². The molecule has 0 atom stereocenters. The molecule has 0 radical (unpaired) electrons. The lowest BCUT2D eigenvalue weighted by Gasteiger charge is -2.31. The minimum Gasteiger partial charge on any atom is -0.319 e. The summed E-state index contributed by atoms with van der Waals surface area (Å²) in [6.07, 6.45) is 6.20. The highest BCUT2D eigenvalue weighted by molar-refractivity contribution is 6.34. The maximum absolute atomic E-state index is 12.5. The number of halogens is 1. The molecule has 4 nitrogen and oxygen atoms in total. The molecule has 94 valence electrons. The molecule has 0 saturated heterocycles. The molecule has 1 fully saturated rings. The number of carbonyl (C=O) groups is 1. The number of hydrogen-bond donors (Lipinski definition) is 1. The van der Waals surface area contributed by atoms with Crippen molar-refractivity contribution >= 4 is 17.4 Å². The summed E-state index contributed by atoms with van der Waals surface area (Å²) < 4.78 is 1.63. The van der Waals surface area contributed by atoms with Gasteiger partial charge >= 0.3 is 0 Å². The van der Waals surface area contributed by atoms with E-state index >= 15 is 0 Å². The van der Waals surface area contributed by atoms with Crippen LogP contribution in [0.15, 0.2) is 6.20 Å². The highest BCUT2D eigenvalue weighted by Crippen LogP contribution is 2.31. The molecule has 5 heteroatoms. The minimum atomic E-state index is -0.741. The predicted octanol–water partition coefficient (Wildman–Crippen LogP) is 2.40. The Hall–Kier alpha value is -0.870. The van der Waals surface area contributed by atoms with Crippen LogP contribution in [0.2, 0.25) is 5.02 Å². The van der Waals surface area contributed by atoms with Crippen LogP contribution in [0.1, 0.15) is 49.5 Å². The van der Waals surface area contributed by atoms with Gasteiger partial charge in [0.1, 0.15) is 5.69 Å². The first-order chi connectivity index (χ1) is 8.08. The molecule has 0 aliphatic heterocycles. The van der Waals surface area contributed by atoms with Crippen molar-refractivity contribution in [2.24, 2.45) is 5.73 Å². The van der Waals surface area contributed by atoms with Crippen LogP contribution in [0.25, 0.3) is 0 Å². The van der Waals surface area contributed by atoms with E-state index < -0.39 is 5.54 Å². The summed E-state index contributed by atoms with van der Waals surface area (Å²) in [5.41, 5.74) is 5.97. The van der Waals surface area contributed by atoms with Crippen LogP contribution in [-0.2, 0) is 6.54 Å². The smallest absolute Gasteiger partial charge is 0.202 e. The fourth-order valence-corrected chi connectivity index (χ4v) is 2.70. The number of Topliss-reactive ketones (excluding diaryl/α,β-unsaturated/α-hetero) is 1. The van der Waals surface area contributed by atoms with E-state index in [1.165, 1.54) is 6.20 Å². The third-order valence-electron chi connectivity index (χ3n) is 3.51. The van der Waals surface area contributed by atoms with Gasteiger partial charge < -0.3 is 5.73 Å². The number of aryl methyl sites for hydroxylation is 1. The molecular weight excluding hydrogens is 238 g/mol. The van der Waals surface area contributed by atoms with Crippen molar-refractivity contribution < 1.29 is 4.79 Å². The number of nitrogens with zero attached hydrogens (tertiary/aromatic N) is 2. The van der Waals surface area contributed by atoms with E-state index in [1.807, 2.05) is 6.92 Å². The van der Waals surface area contributed by atoms with Gasteiger partial charge in [0, 0.05) is 6.54 Å². The van der Waals surface area contributed by atoms with E-state index in [0.717, 1.165) is 32.1 Å². The second kappa shape index (κ2) is 4.78. The maximum atomic E-state index is 12.5. The van der Waals surface area contributed by atoms with E-state index in [0.29, 0.717) is 17.3 Å². The summed E-state index contributed by atoms with van der Waals surface area (Å²) >= 11 is 6.04. The molecule has 1 saturated carbocycles. The molecule has 0 aromatic carbocycles. The monoisotopic (exact) mass is 255 g/mol. The van der Waals surface area contributed by atoms with Gasteiger partial charge in [-0.2, -0.15) is 5.10 Å². The van der Waals surface area contributed by atoms with Gasteiger partial charge in [-0.3, -0.25) is 9.48 Å². The highest BCUT2D eigenvalue weighted by atomic mass is 35.5. The number of ketones is 1. The molecule has 1 aliphatic rings. The predicted molar refractivity (Wildman–Crippen MR) is 67.2 cm³/mol. The molecule has 1 aliphatic carbocycles. The number of carbonyl (C=O) groups excluding carboxylic acids is 1. The lowest BCUT2D eigenvalue weighted by atomic mass is 9.78. The minimum absolute atomic E-state index is 0.0541. The first-order valence-electron chi connectivity index (χ1n) is 6.13. The number of rotatable bonds is 3. The molecule has 0 bridgehead atoms. The molecule has 2 rings (SSSR count). The molecule has 0 unspecified atom stereocenters. The summed E-state index contributed by atoms with van der Waals surface area (Å²) in [5.74, 6) is -0.0541. The zero-order chi connectivity index (χ0) is 12.5. The Morgan fingerprint density at radius 1 is 1.53 bits per heavy atom. The Kier molecular flexibility index (Phi) is 3.54. The number of hydrogen-bond acceptors (Lipinski definition) is 3. The van der Waals surface area contributed by atoms with Gasteiger partial charge in [0.15, 0.2) is 0 Å². The van der Waals surface area contributed by atoms with Crippen molar-refractivity contribution in [1.82, 2.24) is 9.78 Å². The molecular formula is C12H18ClN3O. The lowest BCUT2D eigenvalue weighted by molar-refractivity contribution is 0.0836. The van der Waals surface area contributed by atoms with Gasteiger partial charge in [-0.05, 0) is 19.8 Å². The van der Waals surface area contributed by atoms with Gasteiger partial charge in [0.05, 0.1) is 16.8 Å². The molecule has 17 heavy (non-hydrogen) atoms. The van der Waals surface area contributed by atoms with Crippen LogP contribution < -0.4 is 5.73 Å². The molecule has 1 aromatic heterocycles. The van der Waals surface area contributed by atoms with Crippen molar-refractivity contribution in [2.75, 3.05) is 0 Å². The highest BCUT2D eigenvalue weighted by Gasteiger charge is 2.38. The zero-order valence-electron chi connectivity index (χ0n) is 10.1. The largest absolute Gasteiger partial charge is 0.319 e.